The predicted molar refractivity (Wildman–Crippen MR) is 77.4 cm³/mol. The Morgan fingerprint density at radius 2 is 1.89 bits per heavy atom. The number of amides is 1. The third-order valence-corrected chi connectivity index (χ3v) is 3.22. The molecule has 0 saturated heterocycles. The van der Waals surface area contributed by atoms with Crippen LogP contribution in [-0.2, 0) is 4.79 Å². The summed E-state index contributed by atoms with van der Waals surface area (Å²) in [6, 6.07) is 7.89. The van der Waals surface area contributed by atoms with Crippen molar-refractivity contribution in [1.82, 2.24) is 10.2 Å². The minimum Gasteiger partial charge on any atom is -0.492 e. The summed E-state index contributed by atoms with van der Waals surface area (Å²) in [6.07, 6.45) is 0. The van der Waals surface area contributed by atoms with Gasteiger partial charge in [-0.15, -0.1) is 0 Å². The number of carbonyl (C=O) groups is 1. The molecule has 4 heteroatoms. The molecule has 0 unspecified atom stereocenters. The van der Waals surface area contributed by atoms with Gasteiger partial charge >= 0.3 is 0 Å². The Bertz CT molecular complexity index is 413. The minimum absolute atomic E-state index is 0.0579. The van der Waals surface area contributed by atoms with Crippen LogP contribution in [0.1, 0.15) is 19.4 Å². The zero-order valence-electron chi connectivity index (χ0n) is 12.5. The van der Waals surface area contributed by atoms with E-state index >= 15 is 0 Å². The number of rotatable bonds is 6. The molecule has 0 heterocycles. The van der Waals surface area contributed by atoms with Gasteiger partial charge in [0.1, 0.15) is 12.4 Å². The van der Waals surface area contributed by atoms with E-state index in [0.717, 1.165) is 5.75 Å². The Balaban J connectivity index is 2.40. The maximum absolute atomic E-state index is 12.1. The second-order valence-electron chi connectivity index (χ2n) is 5.26. The van der Waals surface area contributed by atoms with Gasteiger partial charge < -0.3 is 15.0 Å². The number of benzene rings is 1. The third kappa shape index (κ3) is 4.56. The van der Waals surface area contributed by atoms with Crippen molar-refractivity contribution in [2.45, 2.75) is 26.3 Å². The monoisotopic (exact) mass is 264 g/mol. The summed E-state index contributed by atoms with van der Waals surface area (Å²) >= 11 is 0. The standard InChI is InChI=1S/C15H24N2O2/c1-12-6-8-13(9-7-12)19-11-10-17(5)14(18)15(2,3)16-4/h6-9,16H,10-11H2,1-5H3. The van der Waals surface area contributed by atoms with Crippen LogP contribution in [0.15, 0.2) is 24.3 Å². The molecular formula is C15H24N2O2. The molecule has 0 saturated carbocycles. The zero-order chi connectivity index (χ0) is 14.5. The molecule has 0 spiro atoms. The van der Waals surface area contributed by atoms with Crippen molar-refractivity contribution in [3.05, 3.63) is 29.8 Å². The first-order chi connectivity index (χ1) is 8.86. The highest BCUT2D eigenvalue weighted by Gasteiger charge is 2.28. The van der Waals surface area contributed by atoms with E-state index in [9.17, 15) is 4.79 Å². The Kier molecular flexibility index (Phi) is 5.36. The van der Waals surface area contributed by atoms with Gasteiger partial charge in [0, 0.05) is 7.05 Å². The van der Waals surface area contributed by atoms with Gasteiger partial charge in [0.25, 0.3) is 0 Å². The zero-order valence-corrected chi connectivity index (χ0v) is 12.5. The van der Waals surface area contributed by atoms with E-state index in [1.807, 2.05) is 45.0 Å². The Morgan fingerprint density at radius 1 is 1.32 bits per heavy atom. The van der Waals surface area contributed by atoms with E-state index in [1.54, 1.807) is 19.0 Å². The van der Waals surface area contributed by atoms with Gasteiger partial charge in [0.05, 0.1) is 12.1 Å². The van der Waals surface area contributed by atoms with Crippen LogP contribution in [0.4, 0.5) is 0 Å². The van der Waals surface area contributed by atoms with Crippen LogP contribution >= 0.6 is 0 Å². The second kappa shape index (κ2) is 6.57. The molecule has 1 amide bonds. The number of nitrogens with one attached hydrogen (secondary N) is 1. The molecule has 0 fully saturated rings. The highest BCUT2D eigenvalue weighted by atomic mass is 16.5. The molecule has 1 aromatic carbocycles. The molecule has 0 radical (unpaired) electrons. The Labute approximate surface area is 115 Å². The summed E-state index contributed by atoms with van der Waals surface area (Å²) in [5.41, 5.74) is 0.661. The normalized spacial score (nSPS) is 11.2. The summed E-state index contributed by atoms with van der Waals surface area (Å²) in [6.45, 7) is 6.83. The summed E-state index contributed by atoms with van der Waals surface area (Å²) < 4.78 is 5.61. The van der Waals surface area contributed by atoms with E-state index < -0.39 is 5.54 Å². The summed E-state index contributed by atoms with van der Waals surface area (Å²) in [4.78, 5) is 13.8. The lowest BCUT2D eigenvalue weighted by Gasteiger charge is -2.28. The van der Waals surface area contributed by atoms with Gasteiger partial charge in [-0.2, -0.15) is 0 Å². The maximum atomic E-state index is 12.1. The third-order valence-electron chi connectivity index (χ3n) is 3.22. The second-order valence-corrected chi connectivity index (χ2v) is 5.26. The van der Waals surface area contributed by atoms with E-state index in [2.05, 4.69) is 5.32 Å². The maximum Gasteiger partial charge on any atom is 0.242 e. The summed E-state index contributed by atoms with van der Waals surface area (Å²) in [5.74, 6) is 0.891. The van der Waals surface area contributed by atoms with E-state index in [4.69, 9.17) is 4.74 Å². The number of hydrogen-bond acceptors (Lipinski definition) is 3. The highest BCUT2D eigenvalue weighted by molar-refractivity contribution is 5.85. The average Bonchev–Trinajstić information content (AvgIpc) is 2.40. The first-order valence-corrected chi connectivity index (χ1v) is 6.51. The van der Waals surface area contributed by atoms with Crippen molar-refractivity contribution in [3.63, 3.8) is 0 Å². The van der Waals surface area contributed by atoms with Gasteiger partial charge in [-0.05, 0) is 40.0 Å². The van der Waals surface area contributed by atoms with Gasteiger partial charge in [0.2, 0.25) is 5.91 Å². The first-order valence-electron chi connectivity index (χ1n) is 6.51. The van der Waals surface area contributed by atoms with Crippen molar-refractivity contribution in [1.29, 1.82) is 0 Å². The molecular weight excluding hydrogens is 240 g/mol. The van der Waals surface area contributed by atoms with E-state index in [-0.39, 0.29) is 5.91 Å². The van der Waals surface area contributed by atoms with Crippen molar-refractivity contribution < 1.29 is 9.53 Å². The van der Waals surface area contributed by atoms with Gasteiger partial charge in [0.15, 0.2) is 0 Å². The van der Waals surface area contributed by atoms with Crippen molar-refractivity contribution in [3.8, 4) is 5.75 Å². The lowest BCUT2D eigenvalue weighted by molar-refractivity contribution is -0.135. The molecule has 0 aliphatic carbocycles. The van der Waals surface area contributed by atoms with Crippen LogP contribution in [0.2, 0.25) is 0 Å². The highest BCUT2D eigenvalue weighted by Crippen LogP contribution is 2.11. The number of nitrogens with zero attached hydrogens (tertiary/aromatic N) is 1. The van der Waals surface area contributed by atoms with Crippen LogP contribution < -0.4 is 10.1 Å². The number of hydrogen-bond donors (Lipinski definition) is 1. The van der Waals surface area contributed by atoms with Crippen LogP contribution in [0, 0.1) is 6.92 Å². The molecule has 0 aromatic heterocycles. The number of likely N-dealkylation sites (N-methyl/N-ethyl adjacent to an activating group) is 2. The Hall–Kier alpha value is -1.55. The quantitative estimate of drug-likeness (QED) is 0.852. The lowest BCUT2D eigenvalue weighted by atomic mass is 10.0. The number of ether oxygens (including phenoxy) is 1. The Morgan fingerprint density at radius 3 is 2.42 bits per heavy atom. The summed E-state index contributed by atoms with van der Waals surface area (Å²) in [5, 5.41) is 3.00. The minimum atomic E-state index is -0.543. The molecule has 1 rings (SSSR count). The van der Waals surface area contributed by atoms with Crippen LogP contribution in [-0.4, -0.2) is 43.6 Å². The molecule has 0 aliphatic heterocycles. The van der Waals surface area contributed by atoms with Gasteiger partial charge in [-0.3, -0.25) is 4.79 Å². The molecule has 0 aliphatic rings. The number of aryl methyl sites for hydroxylation is 1. The molecule has 0 atom stereocenters. The fourth-order valence-electron chi connectivity index (χ4n) is 1.62. The average molecular weight is 264 g/mol. The predicted octanol–water partition coefficient (Wildman–Crippen LogP) is 1.83. The summed E-state index contributed by atoms with van der Waals surface area (Å²) in [7, 11) is 3.58. The van der Waals surface area contributed by atoms with Crippen molar-refractivity contribution in [2.75, 3.05) is 27.2 Å². The lowest BCUT2D eigenvalue weighted by Crippen LogP contribution is -2.52. The first kappa shape index (κ1) is 15.5. The molecule has 1 N–H and O–H groups in total. The fraction of sp³-hybridized carbons (Fsp3) is 0.533. The largest absolute Gasteiger partial charge is 0.492 e. The molecule has 19 heavy (non-hydrogen) atoms. The molecule has 0 bridgehead atoms. The van der Waals surface area contributed by atoms with Crippen molar-refractivity contribution in [2.24, 2.45) is 0 Å². The van der Waals surface area contributed by atoms with Crippen LogP contribution in [0.5, 0.6) is 5.75 Å². The van der Waals surface area contributed by atoms with Gasteiger partial charge in [-0.25, -0.2) is 0 Å². The molecule has 4 nitrogen and oxygen atoms in total. The van der Waals surface area contributed by atoms with Crippen LogP contribution in [0.25, 0.3) is 0 Å². The number of carbonyl (C=O) groups excluding carboxylic acids is 1. The van der Waals surface area contributed by atoms with E-state index in [0.29, 0.717) is 13.2 Å². The fourth-order valence-corrected chi connectivity index (χ4v) is 1.62. The van der Waals surface area contributed by atoms with Crippen LogP contribution in [0.3, 0.4) is 0 Å². The SMILES string of the molecule is CNC(C)(C)C(=O)N(C)CCOc1ccc(C)cc1. The van der Waals surface area contributed by atoms with Crippen molar-refractivity contribution >= 4 is 5.91 Å². The van der Waals surface area contributed by atoms with Gasteiger partial charge in [-0.1, -0.05) is 17.7 Å². The molecule has 1 aromatic rings. The smallest absolute Gasteiger partial charge is 0.242 e. The topological polar surface area (TPSA) is 41.6 Å². The van der Waals surface area contributed by atoms with E-state index in [1.165, 1.54) is 5.56 Å². The molecule has 106 valence electrons.